The van der Waals surface area contributed by atoms with Gasteiger partial charge in [-0.3, -0.25) is 0 Å². The van der Waals surface area contributed by atoms with Gasteiger partial charge in [0.05, 0.1) is 6.26 Å². The Morgan fingerprint density at radius 1 is 1.54 bits per heavy atom. The summed E-state index contributed by atoms with van der Waals surface area (Å²) in [7, 11) is 0. The van der Waals surface area contributed by atoms with Crippen LogP contribution in [0.2, 0.25) is 0 Å². The minimum absolute atomic E-state index is 0.0968. The second-order valence-electron chi connectivity index (χ2n) is 2.88. The Balaban J connectivity index is 4.61. The van der Waals surface area contributed by atoms with E-state index in [-0.39, 0.29) is 6.10 Å². The molecule has 2 atom stereocenters. The van der Waals surface area contributed by atoms with Crippen molar-refractivity contribution in [2.24, 2.45) is 0 Å². The first-order chi connectivity index (χ1) is 6.04. The van der Waals surface area contributed by atoms with Crippen LogP contribution in [0.5, 0.6) is 0 Å². The summed E-state index contributed by atoms with van der Waals surface area (Å²) in [5, 5.41) is 9.34. The largest absolute Gasteiger partial charge is 0.495 e. The van der Waals surface area contributed by atoms with Gasteiger partial charge in [0.2, 0.25) is 0 Å². The maximum atomic E-state index is 9.34. The molecule has 2 nitrogen and oxygen atoms in total. The molecule has 0 saturated heterocycles. The summed E-state index contributed by atoms with van der Waals surface area (Å²) in [6.07, 6.45) is 5.55. The number of ether oxygens (including phenoxy) is 1. The Kier molecular flexibility index (Phi) is 4.94. The number of aliphatic hydroxyl groups excluding tert-OH is 1. The van der Waals surface area contributed by atoms with Crippen molar-refractivity contribution in [3.05, 3.63) is 24.0 Å². The fourth-order valence-corrected chi connectivity index (χ4v) is 0.908. The van der Waals surface area contributed by atoms with Gasteiger partial charge in [0.1, 0.15) is 12.2 Å². The van der Waals surface area contributed by atoms with Crippen LogP contribution in [0, 0.1) is 12.3 Å². The van der Waals surface area contributed by atoms with Gasteiger partial charge in [-0.15, -0.1) is 6.42 Å². The van der Waals surface area contributed by atoms with Crippen LogP contribution in [0.3, 0.4) is 0 Å². The molecule has 0 bridgehead atoms. The molecule has 0 aliphatic rings. The average molecular weight is 180 g/mol. The molecule has 0 radical (unpaired) electrons. The highest BCUT2D eigenvalue weighted by Crippen LogP contribution is 2.14. The third kappa shape index (κ3) is 3.35. The second-order valence-corrected chi connectivity index (χ2v) is 2.88. The summed E-state index contributed by atoms with van der Waals surface area (Å²) < 4.78 is 5.15. The van der Waals surface area contributed by atoms with E-state index in [9.17, 15) is 5.11 Å². The molecule has 0 fully saturated rings. The third-order valence-corrected chi connectivity index (χ3v) is 2.10. The fourth-order valence-electron chi connectivity index (χ4n) is 0.908. The summed E-state index contributed by atoms with van der Waals surface area (Å²) in [6, 6.07) is 0. The van der Waals surface area contributed by atoms with Crippen molar-refractivity contribution < 1.29 is 9.84 Å². The van der Waals surface area contributed by atoms with Crippen LogP contribution >= 0.6 is 0 Å². The molecular formula is C11H16O2. The van der Waals surface area contributed by atoms with Gasteiger partial charge >= 0.3 is 0 Å². The summed E-state index contributed by atoms with van der Waals surface area (Å²) >= 11 is 0. The van der Waals surface area contributed by atoms with Gasteiger partial charge in [0.15, 0.2) is 0 Å². The number of terminal acetylenes is 1. The first-order valence-electron chi connectivity index (χ1n) is 4.12. The van der Waals surface area contributed by atoms with E-state index in [1.54, 1.807) is 6.92 Å². The number of hydrogen-bond donors (Lipinski definition) is 1. The van der Waals surface area contributed by atoms with E-state index in [4.69, 9.17) is 11.2 Å². The van der Waals surface area contributed by atoms with Crippen molar-refractivity contribution >= 4 is 0 Å². The molecule has 0 spiro atoms. The zero-order valence-electron chi connectivity index (χ0n) is 8.37. The smallest absolute Gasteiger partial charge is 0.136 e. The van der Waals surface area contributed by atoms with Gasteiger partial charge < -0.3 is 9.84 Å². The molecule has 0 amide bonds. The lowest BCUT2D eigenvalue weighted by Crippen LogP contribution is -2.13. The van der Waals surface area contributed by atoms with E-state index < -0.39 is 6.10 Å². The number of aliphatic hydroxyl groups is 1. The van der Waals surface area contributed by atoms with Crippen LogP contribution in [-0.4, -0.2) is 17.3 Å². The van der Waals surface area contributed by atoms with E-state index in [0.717, 1.165) is 11.1 Å². The Morgan fingerprint density at radius 3 is 2.46 bits per heavy atom. The molecule has 0 rings (SSSR count). The second kappa shape index (κ2) is 5.45. The van der Waals surface area contributed by atoms with Crippen LogP contribution in [0.15, 0.2) is 24.0 Å². The molecular weight excluding hydrogens is 164 g/mol. The Bertz CT molecular complexity index is 245. The fraction of sp³-hybridized carbons (Fsp3) is 0.455. The lowest BCUT2D eigenvalue weighted by Gasteiger charge is -2.16. The molecule has 0 aliphatic heterocycles. The molecule has 1 N–H and O–H groups in total. The van der Waals surface area contributed by atoms with Crippen LogP contribution in [0.1, 0.15) is 20.8 Å². The van der Waals surface area contributed by atoms with Crippen molar-refractivity contribution in [2.75, 3.05) is 0 Å². The molecule has 0 aromatic rings. The van der Waals surface area contributed by atoms with Gasteiger partial charge in [-0.05, 0) is 31.9 Å². The van der Waals surface area contributed by atoms with Gasteiger partial charge in [-0.1, -0.05) is 12.5 Å². The molecule has 72 valence electrons. The molecule has 13 heavy (non-hydrogen) atoms. The summed E-state index contributed by atoms with van der Waals surface area (Å²) in [4.78, 5) is 0. The highest BCUT2D eigenvalue weighted by Gasteiger charge is 2.11. The molecule has 2 unspecified atom stereocenters. The zero-order valence-corrected chi connectivity index (χ0v) is 8.37. The van der Waals surface area contributed by atoms with E-state index >= 15 is 0 Å². The monoisotopic (exact) mass is 180 g/mol. The first-order valence-corrected chi connectivity index (χ1v) is 4.12. The molecule has 0 aromatic carbocycles. The minimum atomic E-state index is -0.823. The van der Waals surface area contributed by atoms with Crippen molar-refractivity contribution in [1.29, 1.82) is 0 Å². The van der Waals surface area contributed by atoms with Crippen molar-refractivity contribution in [2.45, 2.75) is 33.0 Å². The van der Waals surface area contributed by atoms with Gasteiger partial charge in [0, 0.05) is 0 Å². The summed E-state index contributed by atoms with van der Waals surface area (Å²) in [5.41, 5.74) is 1.70. The third-order valence-electron chi connectivity index (χ3n) is 2.10. The van der Waals surface area contributed by atoms with E-state index in [2.05, 4.69) is 12.5 Å². The van der Waals surface area contributed by atoms with Crippen molar-refractivity contribution in [3.8, 4) is 12.3 Å². The summed E-state index contributed by atoms with van der Waals surface area (Å²) in [6.45, 7) is 9.01. The van der Waals surface area contributed by atoms with E-state index in [1.165, 1.54) is 6.26 Å². The zero-order chi connectivity index (χ0) is 10.4. The first kappa shape index (κ1) is 11.8. The molecule has 0 saturated carbocycles. The lowest BCUT2D eigenvalue weighted by atomic mass is 10.0. The highest BCUT2D eigenvalue weighted by atomic mass is 16.5. The number of rotatable bonds is 4. The average Bonchev–Trinajstić information content (AvgIpc) is 2.14. The maximum absolute atomic E-state index is 9.34. The molecule has 0 aliphatic carbocycles. The predicted octanol–water partition coefficient (Wildman–Crippen LogP) is 1.87. The quantitative estimate of drug-likeness (QED) is 0.406. The van der Waals surface area contributed by atoms with Crippen LogP contribution in [0.4, 0.5) is 0 Å². The molecule has 2 heteroatoms. The minimum Gasteiger partial charge on any atom is -0.495 e. The van der Waals surface area contributed by atoms with Crippen molar-refractivity contribution in [1.82, 2.24) is 0 Å². The van der Waals surface area contributed by atoms with E-state index in [1.807, 2.05) is 13.8 Å². The highest BCUT2D eigenvalue weighted by molar-refractivity contribution is 5.24. The molecule has 0 heterocycles. The van der Waals surface area contributed by atoms with Gasteiger partial charge in [-0.2, -0.15) is 0 Å². The topological polar surface area (TPSA) is 29.5 Å². The normalized spacial score (nSPS) is 16.5. The van der Waals surface area contributed by atoms with Crippen LogP contribution in [-0.2, 0) is 4.74 Å². The molecule has 0 aromatic heterocycles. The maximum Gasteiger partial charge on any atom is 0.136 e. The van der Waals surface area contributed by atoms with Gasteiger partial charge in [0.25, 0.3) is 0 Å². The Morgan fingerprint density at radius 2 is 2.08 bits per heavy atom. The standard InChI is InChI=1S/C11H16O2/c1-6-11(12)9(4)8(3)10(5)13-7-2/h1,7,10-12H,2H2,3-5H3. The van der Waals surface area contributed by atoms with Crippen LogP contribution < -0.4 is 0 Å². The van der Waals surface area contributed by atoms with Crippen molar-refractivity contribution in [3.63, 3.8) is 0 Å². The lowest BCUT2D eigenvalue weighted by molar-refractivity contribution is 0.189. The van der Waals surface area contributed by atoms with Crippen LogP contribution in [0.25, 0.3) is 0 Å². The van der Waals surface area contributed by atoms with E-state index in [0.29, 0.717) is 0 Å². The summed E-state index contributed by atoms with van der Waals surface area (Å²) in [5.74, 6) is 2.26. The predicted molar refractivity (Wildman–Crippen MR) is 54.0 cm³/mol. The number of hydrogen-bond acceptors (Lipinski definition) is 2. The van der Waals surface area contributed by atoms with Gasteiger partial charge in [-0.25, -0.2) is 0 Å². The Hall–Kier alpha value is -1.20. The SMILES string of the molecule is C#CC(O)C(C)=C(C)C(C)OC=C. The Labute approximate surface area is 79.9 Å².